The summed E-state index contributed by atoms with van der Waals surface area (Å²) in [5.41, 5.74) is 6.78. The van der Waals surface area contributed by atoms with Crippen LogP contribution in [0.1, 0.15) is 25.3 Å². The summed E-state index contributed by atoms with van der Waals surface area (Å²) in [6, 6.07) is 6.45. The molecular formula is C15H21FN2O. The highest BCUT2D eigenvalue weighted by molar-refractivity contribution is 5.78. The summed E-state index contributed by atoms with van der Waals surface area (Å²) in [7, 11) is 0. The first-order chi connectivity index (χ1) is 9.06. The van der Waals surface area contributed by atoms with Crippen molar-refractivity contribution in [2.75, 3.05) is 6.54 Å². The molecule has 1 aliphatic carbocycles. The Morgan fingerprint density at radius 1 is 1.53 bits per heavy atom. The molecule has 0 bridgehead atoms. The molecule has 1 aromatic carbocycles. The molecule has 1 fully saturated rings. The molecule has 3 N–H and O–H groups in total. The van der Waals surface area contributed by atoms with Gasteiger partial charge in [0, 0.05) is 18.5 Å². The van der Waals surface area contributed by atoms with Crippen molar-refractivity contribution in [1.82, 2.24) is 5.32 Å². The second kappa shape index (κ2) is 6.15. The van der Waals surface area contributed by atoms with Crippen molar-refractivity contribution in [2.45, 2.75) is 32.2 Å². The van der Waals surface area contributed by atoms with Gasteiger partial charge in [-0.1, -0.05) is 19.1 Å². The van der Waals surface area contributed by atoms with Crippen molar-refractivity contribution in [3.8, 4) is 0 Å². The molecular weight excluding hydrogens is 243 g/mol. The molecule has 0 heterocycles. The van der Waals surface area contributed by atoms with Crippen LogP contribution in [0, 0.1) is 17.7 Å². The first-order valence-corrected chi connectivity index (χ1v) is 6.84. The molecule has 1 aromatic rings. The maximum Gasteiger partial charge on any atom is 0.223 e. The quantitative estimate of drug-likeness (QED) is 0.824. The zero-order valence-electron chi connectivity index (χ0n) is 11.2. The zero-order valence-corrected chi connectivity index (χ0v) is 11.2. The van der Waals surface area contributed by atoms with Gasteiger partial charge in [0.25, 0.3) is 0 Å². The van der Waals surface area contributed by atoms with Crippen molar-refractivity contribution in [3.63, 3.8) is 0 Å². The predicted molar refractivity (Wildman–Crippen MR) is 73.0 cm³/mol. The molecule has 2 unspecified atom stereocenters. The number of benzene rings is 1. The van der Waals surface area contributed by atoms with Gasteiger partial charge in [0.1, 0.15) is 5.82 Å². The van der Waals surface area contributed by atoms with Crippen molar-refractivity contribution in [1.29, 1.82) is 0 Å². The first-order valence-electron chi connectivity index (χ1n) is 6.84. The Morgan fingerprint density at radius 2 is 2.26 bits per heavy atom. The molecule has 1 saturated carbocycles. The predicted octanol–water partition coefficient (Wildman–Crippen LogP) is 1.86. The highest BCUT2D eigenvalue weighted by Gasteiger charge is 2.28. The topological polar surface area (TPSA) is 55.1 Å². The molecule has 1 aliphatic rings. The lowest BCUT2D eigenvalue weighted by atomic mass is 10.00. The fourth-order valence-electron chi connectivity index (χ4n) is 2.19. The van der Waals surface area contributed by atoms with Gasteiger partial charge in [-0.3, -0.25) is 4.79 Å². The average Bonchev–Trinajstić information content (AvgIpc) is 3.19. The highest BCUT2D eigenvalue weighted by atomic mass is 19.1. The number of nitrogens with one attached hydrogen (secondary N) is 1. The van der Waals surface area contributed by atoms with Gasteiger partial charge >= 0.3 is 0 Å². The molecule has 0 aliphatic heterocycles. The Kier molecular flexibility index (Phi) is 4.53. The lowest BCUT2D eigenvalue weighted by Crippen LogP contribution is -2.41. The Bertz CT molecular complexity index is 446. The van der Waals surface area contributed by atoms with Crippen molar-refractivity contribution < 1.29 is 9.18 Å². The fraction of sp³-hybridized carbons (Fsp3) is 0.533. The van der Waals surface area contributed by atoms with Gasteiger partial charge in [0.2, 0.25) is 5.91 Å². The standard InChI is InChI=1S/C15H21FN2O/c1-10(7-11-3-2-4-13(16)8-11)15(19)18-9-14(17)12-5-6-12/h2-4,8,10,12,14H,5-7,9,17H2,1H3,(H,18,19). The van der Waals surface area contributed by atoms with E-state index in [-0.39, 0.29) is 23.7 Å². The van der Waals surface area contributed by atoms with E-state index in [2.05, 4.69) is 5.32 Å². The molecule has 0 spiro atoms. The molecule has 2 rings (SSSR count). The van der Waals surface area contributed by atoms with Crippen molar-refractivity contribution >= 4 is 5.91 Å². The zero-order chi connectivity index (χ0) is 13.8. The van der Waals surface area contributed by atoms with Gasteiger partial charge in [-0.15, -0.1) is 0 Å². The Labute approximate surface area is 113 Å². The van der Waals surface area contributed by atoms with E-state index in [1.165, 1.54) is 25.0 Å². The van der Waals surface area contributed by atoms with Gasteiger partial charge in [0.15, 0.2) is 0 Å². The van der Waals surface area contributed by atoms with Crippen LogP contribution in [0.4, 0.5) is 4.39 Å². The molecule has 0 radical (unpaired) electrons. The smallest absolute Gasteiger partial charge is 0.223 e. The van der Waals surface area contributed by atoms with E-state index in [1.807, 2.05) is 13.0 Å². The summed E-state index contributed by atoms with van der Waals surface area (Å²) in [5.74, 6) is 0.133. The van der Waals surface area contributed by atoms with Crippen LogP contribution >= 0.6 is 0 Å². The maximum atomic E-state index is 13.1. The summed E-state index contributed by atoms with van der Waals surface area (Å²) < 4.78 is 13.1. The Morgan fingerprint density at radius 3 is 2.89 bits per heavy atom. The Balaban J connectivity index is 1.78. The monoisotopic (exact) mass is 264 g/mol. The van der Waals surface area contributed by atoms with Crippen LogP contribution < -0.4 is 11.1 Å². The number of carbonyl (C=O) groups excluding carboxylic acids is 1. The third-order valence-electron chi connectivity index (χ3n) is 3.62. The van der Waals surface area contributed by atoms with E-state index in [0.717, 1.165) is 5.56 Å². The van der Waals surface area contributed by atoms with Gasteiger partial charge in [-0.2, -0.15) is 0 Å². The molecule has 19 heavy (non-hydrogen) atoms. The Hall–Kier alpha value is -1.42. The number of nitrogens with two attached hydrogens (primary N) is 1. The normalized spacial score (nSPS) is 17.8. The number of hydrogen-bond donors (Lipinski definition) is 2. The molecule has 3 nitrogen and oxygen atoms in total. The third kappa shape index (κ3) is 4.31. The third-order valence-corrected chi connectivity index (χ3v) is 3.62. The first kappa shape index (κ1) is 14.0. The van der Waals surface area contributed by atoms with E-state index in [4.69, 9.17) is 5.73 Å². The van der Waals surface area contributed by atoms with Gasteiger partial charge in [0.05, 0.1) is 0 Å². The van der Waals surface area contributed by atoms with Crippen LogP contribution in [-0.2, 0) is 11.2 Å². The molecule has 4 heteroatoms. The number of amides is 1. The van der Waals surface area contributed by atoms with Crippen molar-refractivity contribution in [3.05, 3.63) is 35.6 Å². The number of hydrogen-bond acceptors (Lipinski definition) is 2. The van der Waals surface area contributed by atoms with Crippen LogP contribution in [0.2, 0.25) is 0 Å². The van der Waals surface area contributed by atoms with E-state index in [0.29, 0.717) is 18.9 Å². The van der Waals surface area contributed by atoms with E-state index in [9.17, 15) is 9.18 Å². The largest absolute Gasteiger partial charge is 0.354 e. The van der Waals surface area contributed by atoms with E-state index >= 15 is 0 Å². The van der Waals surface area contributed by atoms with Crippen LogP contribution in [0.5, 0.6) is 0 Å². The molecule has 0 aromatic heterocycles. The minimum Gasteiger partial charge on any atom is -0.354 e. The lowest BCUT2D eigenvalue weighted by Gasteiger charge is -2.15. The summed E-state index contributed by atoms with van der Waals surface area (Å²) >= 11 is 0. The average molecular weight is 264 g/mol. The van der Waals surface area contributed by atoms with Gasteiger partial charge in [-0.25, -0.2) is 4.39 Å². The molecule has 0 saturated heterocycles. The van der Waals surface area contributed by atoms with Crippen LogP contribution in [0.3, 0.4) is 0 Å². The van der Waals surface area contributed by atoms with Crippen LogP contribution in [0.25, 0.3) is 0 Å². The minimum atomic E-state index is -0.263. The van der Waals surface area contributed by atoms with E-state index in [1.54, 1.807) is 6.07 Å². The second-order valence-electron chi connectivity index (χ2n) is 5.48. The summed E-state index contributed by atoms with van der Waals surface area (Å²) in [4.78, 5) is 11.9. The summed E-state index contributed by atoms with van der Waals surface area (Å²) in [5, 5.41) is 2.88. The van der Waals surface area contributed by atoms with Gasteiger partial charge in [-0.05, 0) is 42.9 Å². The van der Waals surface area contributed by atoms with Gasteiger partial charge < -0.3 is 11.1 Å². The van der Waals surface area contributed by atoms with Crippen molar-refractivity contribution in [2.24, 2.45) is 17.6 Å². The maximum absolute atomic E-state index is 13.1. The lowest BCUT2D eigenvalue weighted by molar-refractivity contribution is -0.124. The number of halogens is 1. The number of rotatable bonds is 6. The molecule has 104 valence electrons. The molecule has 1 amide bonds. The second-order valence-corrected chi connectivity index (χ2v) is 5.48. The number of carbonyl (C=O) groups is 1. The summed E-state index contributed by atoms with van der Waals surface area (Å²) in [6.07, 6.45) is 2.90. The SMILES string of the molecule is CC(Cc1cccc(F)c1)C(=O)NCC(N)C1CC1. The van der Waals surface area contributed by atoms with Crippen LogP contribution in [0.15, 0.2) is 24.3 Å². The molecule has 2 atom stereocenters. The fourth-order valence-corrected chi connectivity index (χ4v) is 2.19. The van der Waals surface area contributed by atoms with Crippen LogP contribution in [-0.4, -0.2) is 18.5 Å². The van der Waals surface area contributed by atoms with E-state index < -0.39 is 0 Å². The summed E-state index contributed by atoms with van der Waals surface area (Å²) in [6.45, 7) is 2.39. The minimum absolute atomic E-state index is 0.0136. The highest BCUT2D eigenvalue weighted by Crippen LogP contribution is 2.31.